The topological polar surface area (TPSA) is 86.0 Å². The SMILES string of the molecule is O=C(O)c1cc2cc3c(cc2oc1=O)OCO3. The molecule has 0 bridgehead atoms. The molecule has 0 aliphatic carbocycles. The first kappa shape index (κ1) is 9.71. The zero-order valence-corrected chi connectivity index (χ0v) is 8.43. The molecule has 2 heterocycles. The van der Waals surface area contributed by atoms with E-state index in [1.54, 1.807) is 6.07 Å². The molecular weight excluding hydrogens is 228 g/mol. The van der Waals surface area contributed by atoms with E-state index in [1.807, 2.05) is 0 Å². The van der Waals surface area contributed by atoms with Gasteiger partial charge < -0.3 is 19.0 Å². The number of fused-ring (bicyclic) bond motifs is 2. The predicted molar refractivity (Wildman–Crippen MR) is 55.6 cm³/mol. The summed E-state index contributed by atoms with van der Waals surface area (Å²) in [4.78, 5) is 22.1. The highest BCUT2D eigenvalue weighted by atomic mass is 16.7. The molecule has 3 rings (SSSR count). The van der Waals surface area contributed by atoms with Crippen LogP contribution in [0.3, 0.4) is 0 Å². The molecule has 1 aliphatic heterocycles. The Morgan fingerprint density at radius 3 is 2.59 bits per heavy atom. The van der Waals surface area contributed by atoms with E-state index in [0.717, 1.165) is 0 Å². The van der Waals surface area contributed by atoms with Crippen molar-refractivity contribution in [3.05, 3.63) is 34.2 Å². The third-order valence-electron chi connectivity index (χ3n) is 2.46. The van der Waals surface area contributed by atoms with Crippen molar-refractivity contribution < 1.29 is 23.8 Å². The van der Waals surface area contributed by atoms with E-state index in [1.165, 1.54) is 12.1 Å². The van der Waals surface area contributed by atoms with Gasteiger partial charge in [0.05, 0.1) is 0 Å². The molecule has 2 aromatic rings. The lowest BCUT2D eigenvalue weighted by Crippen LogP contribution is -2.12. The van der Waals surface area contributed by atoms with E-state index in [2.05, 4.69) is 0 Å². The van der Waals surface area contributed by atoms with Gasteiger partial charge in [0.15, 0.2) is 11.5 Å². The molecule has 6 nitrogen and oxygen atoms in total. The van der Waals surface area contributed by atoms with Crippen LogP contribution in [0.15, 0.2) is 27.4 Å². The first-order chi connectivity index (χ1) is 8.15. The lowest BCUT2D eigenvalue weighted by Gasteiger charge is -2.00. The maximum atomic E-state index is 11.4. The van der Waals surface area contributed by atoms with Crippen molar-refractivity contribution in [1.29, 1.82) is 0 Å². The van der Waals surface area contributed by atoms with Gasteiger partial charge in [-0.2, -0.15) is 0 Å². The number of hydrogen-bond acceptors (Lipinski definition) is 5. The number of carboxylic acid groups (broad SMARTS) is 1. The molecule has 1 aliphatic rings. The van der Waals surface area contributed by atoms with Crippen molar-refractivity contribution in [2.24, 2.45) is 0 Å². The van der Waals surface area contributed by atoms with Crippen molar-refractivity contribution in [3.8, 4) is 11.5 Å². The van der Waals surface area contributed by atoms with Crippen molar-refractivity contribution >= 4 is 16.9 Å². The molecule has 1 N–H and O–H groups in total. The second-order valence-electron chi connectivity index (χ2n) is 3.50. The Labute approximate surface area is 94.0 Å². The second kappa shape index (κ2) is 3.24. The first-order valence-electron chi connectivity index (χ1n) is 4.76. The van der Waals surface area contributed by atoms with Gasteiger partial charge in [0.1, 0.15) is 11.1 Å². The van der Waals surface area contributed by atoms with Gasteiger partial charge in [0.2, 0.25) is 6.79 Å². The number of carboxylic acids is 1. The monoisotopic (exact) mass is 234 g/mol. The summed E-state index contributed by atoms with van der Waals surface area (Å²) in [5.41, 5.74) is -1.02. The highest BCUT2D eigenvalue weighted by molar-refractivity contribution is 5.92. The molecule has 6 heteroatoms. The highest BCUT2D eigenvalue weighted by Crippen LogP contribution is 2.35. The van der Waals surface area contributed by atoms with E-state index in [-0.39, 0.29) is 12.4 Å². The molecule has 1 aromatic carbocycles. The minimum atomic E-state index is -1.32. The van der Waals surface area contributed by atoms with Gasteiger partial charge in [-0.05, 0) is 12.1 Å². The van der Waals surface area contributed by atoms with E-state index >= 15 is 0 Å². The largest absolute Gasteiger partial charge is 0.477 e. The Hall–Kier alpha value is -2.50. The average molecular weight is 234 g/mol. The van der Waals surface area contributed by atoms with Crippen LogP contribution in [0.2, 0.25) is 0 Å². The van der Waals surface area contributed by atoms with E-state index < -0.39 is 17.2 Å². The molecule has 0 radical (unpaired) electrons. The van der Waals surface area contributed by atoms with Crippen LogP contribution < -0.4 is 15.1 Å². The first-order valence-corrected chi connectivity index (χ1v) is 4.76. The molecule has 0 saturated heterocycles. The van der Waals surface area contributed by atoms with Crippen molar-refractivity contribution in [1.82, 2.24) is 0 Å². The fourth-order valence-electron chi connectivity index (χ4n) is 1.66. The summed E-state index contributed by atoms with van der Waals surface area (Å²) in [6.45, 7) is 0.0989. The van der Waals surface area contributed by atoms with Crippen molar-refractivity contribution in [2.45, 2.75) is 0 Å². The Morgan fingerprint density at radius 1 is 1.18 bits per heavy atom. The van der Waals surface area contributed by atoms with E-state index in [0.29, 0.717) is 16.9 Å². The lowest BCUT2D eigenvalue weighted by molar-refractivity contribution is 0.0692. The molecule has 0 unspecified atom stereocenters. The summed E-state index contributed by atoms with van der Waals surface area (Å²) in [6.07, 6.45) is 0. The fourth-order valence-corrected chi connectivity index (χ4v) is 1.66. The standard InChI is InChI=1S/C11H6O6/c12-10(13)6-1-5-2-8-9(16-4-15-8)3-7(5)17-11(6)14/h1-3H,4H2,(H,12,13). The summed E-state index contributed by atoms with van der Waals surface area (Å²) in [7, 11) is 0. The Balaban J connectivity index is 2.33. The Bertz CT molecular complexity index is 684. The zero-order valence-electron chi connectivity index (χ0n) is 8.43. The van der Waals surface area contributed by atoms with E-state index in [4.69, 9.17) is 19.0 Å². The maximum Gasteiger partial charge on any atom is 0.351 e. The summed E-state index contributed by atoms with van der Waals surface area (Å²) < 4.78 is 15.2. The maximum absolute atomic E-state index is 11.4. The van der Waals surface area contributed by atoms with Gasteiger partial charge in [0, 0.05) is 11.5 Å². The number of hydrogen-bond donors (Lipinski definition) is 1. The van der Waals surface area contributed by atoms with Gasteiger partial charge in [-0.15, -0.1) is 0 Å². The Morgan fingerprint density at radius 2 is 1.88 bits per heavy atom. The minimum absolute atomic E-state index is 0.0989. The van der Waals surface area contributed by atoms with Gasteiger partial charge in [-0.1, -0.05) is 0 Å². The van der Waals surface area contributed by atoms with Gasteiger partial charge in [-0.3, -0.25) is 0 Å². The molecule has 0 saturated carbocycles. The third-order valence-corrected chi connectivity index (χ3v) is 2.46. The number of carbonyl (C=O) groups is 1. The van der Waals surface area contributed by atoms with Crippen LogP contribution in [0.1, 0.15) is 10.4 Å². The smallest absolute Gasteiger partial charge is 0.351 e. The van der Waals surface area contributed by atoms with Crippen LogP contribution in [0.25, 0.3) is 11.0 Å². The molecule has 17 heavy (non-hydrogen) atoms. The lowest BCUT2D eigenvalue weighted by atomic mass is 10.1. The third kappa shape index (κ3) is 1.42. The van der Waals surface area contributed by atoms with Crippen LogP contribution in [-0.2, 0) is 0 Å². The zero-order chi connectivity index (χ0) is 12.0. The van der Waals surface area contributed by atoms with Crippen LogP contribution in [0.5, 0.6) is 11.5 Å². The summed E-state index contributed by atoms with van der Waals surface area (Å²) in [5, 5.41) is 9.28. The van der Waals surface area contributed by atoms with Crippen LogP contribution in [0, 0.1) is 0 Å². The molecule has 0 fully saturated rings. The van der Waals surface area contributed by atoms with Gasteiger partial charge in [0.25, 0.3) is 0 Å². The van der Waals surface area contributed by atoms with Crippen LogP contribution >= 0.6 is 0 Å². The van der Waals surface area contributed by atoms with Gasteiger partial charge >= 0.3 is 11.6 Å². The van der Waals surface area contributed by atoms with Crippen molar-refractivity contribution in [3.63, 3.8) is 0 Å². The Kier molecular flexibility index (Phi) is 1.85. The van der Waals surface area contributed by atoms with Gasteiger partial charge in [-0.25, -0.2) is 9.59 Å². The molecule has 1 aromatic heterocycles. The molecule has 86 valence electrons. The van der Waals surface area contributed by atoms with E-state index in [9.17, 15) is 9.59 Å². The summed E-state index contributed by atoms with van der Waals surface area (Å²) in [6, 6.07) is 4.34. The normalized spacial score (nSPS) is 12.9. The number of ether oxygens (including phenoxy) is 2. The fraction of sp³-hybridized carbons (Fsp3) is 0.0909. The van der Waals surface area contributed by atoms with Crippen LogP contribution in [0.4, 0.5) is 0 Å². The molecular formula is C11H6O6. The van der Waals surface area contributed by atoms with Crippen molar-refractivity contribution in [2.75, 3.05) is 6.79 Å². The number of rotatable bonds is 1. The molecule has 0 atom stereocenters. The molecule has 0 amide bonds. The molecule has 0 spiro atoms. The number of benzene rings is 1. The minimum Gasteiger partial charge on any atom is -0.477 e. The predicted octanol–water partition coefficient (Wildman–Crippen LogP) is 1.22. The average Bonchev–Trinajstić information content (AvgIpc) is 2.71. The number of aromatic carboxylic acids is 1. The quantitative estimate of drug-likeness (QED) is 0.746. The summed E-state index contributed by atoms with van der Waals surface area (Å²) >= 11 is 0. The highest BCUT2D eigenvalue weighted by Gasteiger charge is 2.18. The van der Waals surface area contributed by atoms with Crippen LogP contribution in [-0.4, -0.2) is 17.9 Å². The second-order valence-corrected chi connectivity index (χ2v) is 3.50. The summed E-state index contributed by atoms with van der Waals surface area (Å²) in [5.74, 6) is -0.343.